The second-order valence-corrected chi connectivity index (χ2v) is 30.0. The Bertz CT molecular complexity index is 4150. The Kier molecular flexibility index (Phi) is 42.1. The smallest absolute Gasteiger partial charge is 1.00 e. The van der Waals surface area contributed by atoms with Crippen LogP contribution < -0.4 is 43.8 Å². The van der Waals surface area contributed by atoms with Crippen LogP contribution in [0.2, 0.25) is 0 Å². The van der Waals surface area contributed by atoms with E-state index in [0.29, 0.717) is 31.1 Å². The van der Waals surface area contributed by atoms with Gasteiger partial charge in [0.2, 0.25) is 9.23 Å². The number of carbonyl (C=O) groups excluding carboxylic acids is 1. The number of ether oxygens (including phenoxy) is 5. The number of hydrogen-bond donors (Lipinski definition) is 2. The van der Waals surface area contributed by atoms with E-state index in [1.165, 1.54) is 147 Å². The number of allylic oxidation sites excluding steroid dienone is 1. The van der Waals surface area contributed by atoms with Gasteiger partial charge in [-0.1, -0.05) is 182 Å². The third-order valence-electron chi connectivity index (χ3n) is 19.5. The van der Waals surface area contributed by atoms with Crippen LogP contribution in [-0.2, 0) is 103 Å². The summed E-state index contributed by atoms with van der Waals surface area (Å²) in [5.74, 6) is 0.469. The van der Waals surface area contributed by atoms with E-state index < -0.39 is 9.23 Å². The molecule has 2 unspecified atom stereocenters. The number of methoxy groups -OCH3 is 1. The zero-order valence-electron chi connectivity index (χ0n) is 65.0. The molecule has 2 fully saturated rings. The Labute approximate surface area is 734 Å². The summed E-state index contributed by atoms with van der Waals surface area (Å²) in [5.41, 5.74) is 25.5. The number of benzene rings is 10. The number of aliphatic hydroxyl groups is 1. The first kappa shape index (κ1) is 92.8. The minimum Gasteiger partial charge on any atom is -1.00 e. The van der Waals surface area contributed by atoms with Crippen molar-refractivity contribution in [1.82, 2.24) is 0 Å². The van der Waals surface area contributed by atoms with E-state index in [1.807, 2.05) is 40.1 Å². The summed E-state index contributed by atoms with van der Waals surface area (Å²) in [6.45, 7) is 5.42. The summed E-state index contributed by atoms with van der Waals surface area (Å²) in [6.07, 6.45) is 21.1. The number of alkyl halides is 2. The largest absolute Gasteiger partial charge is 1.00 e. The molecule has 13 nitrogen and oxygen atoms in total. The van der Waals surface area contributed by atoms with Crippen LogP contribution in [-0.4, -0.2) is 97.3 Å². The van der Waals surface area contributed by atoms with Crippen LogP contribution in [0.1, 0.15) is 135 Å². The molecule has 0 aromatic heterocycles. The van der Waals surface area contributed by atoms with E-state index in [0.717, 1.165) is 89.0 Å². The minimum absolute atomic E-state index is 0. The van der Waals surface area contributed by atoms with Crippen molar-refractivity contribution in [2.24, 2.45) is 0 Å². The second kappa shape index (κ2) is 50.8. The molecule has 8 aliphatic rings. The average Bonchev–Trinajstić information content (AvgIpc) is 0.792. The van der Waals surface area contributed by atoms with Gasteiger partial charge in [0.05, 0.1) is 32.1 Å². The maximum Gasteiger partial charge on any atom is 1.00 e. The van der Waals surface area contributed by atoms with E-state index in [1.54, 1.807) is 6.26 Å². The van der Waals surface area contributed by atoms with Gasteiger partial charge in [-0.25, -0.2) is 4.21 Å². The van der Waals surface area contributed by atoms with Crippen LogP contribution in [0.4, 0.5) is 56.9 Å². The summed E-state index contributed by atoms with van der Waals surface area (Å²) in [7, 11) is 12.9. The number of rotatable bonds is 9. The Hall–Kier alpha value is -6.41. The summed E-state index contributed by atoms with van der Waals surface area (Å²) in [4.78, 5) is 18.8. The number of halogens is 4. The molecule has 1 radical (unpaired) electrons. The number of carbonyl (C=O) groups is 1. The van der Waals surface area contributed by atoms with Crippen LogP contribution in [0.15, 0.2) is 255 Å². The van der Waals surface area contributed by atoms with Gasteiger partial charge >= 0.3 is 24.8 Å². The summed E-state index contributed by atoms with van der Waals surface area (Å²) >= 11 is 11.4. The molecule has 0 bridgehead atoms. The summed E-state index contributed by atoms with van der Waals surface area (Å²) in [5, 5.41) is 13.0. The molecule has 10 aromatic carbocycles. The van der Waals surface area contributed by atoms with Gasteiger partial charge < -0.3 is 55.1 Å². The number of nitrogens with zero attached hydrogens (tertiary/aromatic N) is 4. The van der Waals surface area contributed by atoms with Gasteiger partial charge in [-0.05, 0) is 194 Å². The van der Waals surface area contributed by atoms with E-state index in [4.69, 9.17) is 46.4 Å². The number of unbranched alkanes of at least 4 members (excludes halogenated alkanes) is 1. The van der Waals surface area contributed by atoms with Crippen molar-refractivity contribution in [1.29, 1.82) is 0 Å². The fourth-order valence-corrected chi connectivity index (χ4v) is 14.4. The normalized spacial score (nSPS) is 15.3. The molecular formula is C91H104AlCl4LiN5O8SY-. The van der Waals surface area contributed by atoms with E-state index >= 15 is 0 Å². The average molecular weight is 1690 g/mol. The molecule has 0 saturated carbocycles. The van der Waals surface area contributed by atoms with Gasteiger partial charge in [0.15, 0.2) is 23.7 Å². The van der Waals surface area contributed by atoms with Gasteiger partial charge in [-0.3, -0.25) is 11.8 Å². The van der Waals surface area contributed by atoms with Crippen molar-refractivity contribution < 1.29 is 90.8 Å². The van der Waals surface area contributed by atoms with Crippen LogP contribution in [0.5, 0.6) is 0 Å². The Balaban J connectivity index is 0.000000204. The molecule has 112 heavy (non-hydrogen) atoms. The SMILES string of the molecule is C1=COCCC1.CC1CCCCO1.COC(=O)CCCCCl.ClCN1c2ccccc2Cc2ccccc21.O=S(Cl)Cl.OCN1c2ccccc2Cc2ccccc21.[AlH3].[CH2-]N1c2ccccc2Cc2ccccc21.[H-].[Li+].[Y].c1ccc2c(c1)Cc1ccccc1N2.c1ccc2c(c1)Cc1ccccc1N2COC1CCCCO1. The number of fused-ring (bicyclic) bond motifs is 10. The van der Waals surface area contributed by atoms with Crippen LogP contribution in [0.25, 0.3) is 0 Å². The number of anilines is 10. The number of nitrogens with one attached hydrogen (secondary N) is 1. The fraction of sp³-hybridized carbons (Fsp3) is 0.297. The molecule has 0 spiro atoms. The van der Waals surface area contributed by atoms with E-state index in [2.05, 4.69) is 274 Å². The second-order valence-electron chi connectivity index (χ2n) is 26.9. The molecule has 8 heterocycles. The topological polar surface area (TPSA) is 126 Å². The zero-order valence-corrected chi connectivity index (χ0v) is 70.6. The van der Waals surface area contributed by atoms with Crippen molar-refractivity contribution in [3.8, 4) is 0 Å². The molecule has 10 aromatic rings. The number of esters is 1. The van der Waals surface area contributed by atoms with Crippen molar-refractivity contribution in [3.05, 3.63) is 318 Å². The quantitative estimate of drug-likeness (QED) is 0.0271. The van der Waals surface area contributed by atoms with E-state index in [9.17, 15) is 9.90 Å². The first-order chi connectivity index (χ1) is 53.4. The molecule has 0 aliphatic carbocycles. The molecule has 21 heteroatoms. The Morgan fingerprint density at radius 3 is 1.18 bits per heavy atom. The fourth-order valence-electron chi connectivity index (χ4n) is 13.9. The van der Waals surface area contributed by atoms with Crippen molar-refractivity contribution in [3.63, 3.8) is 0 Å². The molecule has 583 valence electrons. The maximum absolute atomic E-state index is 10.4. The predicted molar refractivity (Wildman–Crippen MR) is 464 cm³/mol. The van der Waals surface area contributed by atoms with Crippen molar-refractivity contribution in [2.45, 2.75) is 122 Å². The van der Waals surface area contributed by atoms with Crippen LogP contribution in [0, 0.1) is 7.05 Å². The number of hydrogen-bond acceptors (Lipinski definition) is 13. The van der Waals surface area contributed by atoms with Gasteiger partial charge in [0, 0.05) is 169 Å². The van der Waals surface area contributed by atoms with Gasteiger partial charge in [0.1, 0.15) is 13.5 Å². The summed E-state index contributed by atoms with van der Waals surface area (Å²) in [6, 6.07) is 84.8. The molecular weight excluding hydrogens is 1590 g/mol. The molecule has 18 rings (SSSR count). The molecule has 2 atom stereocenters. The third-order valence-corrected chi connectivity index (χ3v) is 20.0. The summed E-state index contributed by atoms with van der Waals surface area (Å²) < 4.78 is 35.4. The van der Waals surface area contributed by atoms with Gasteiger partial charge in [-0.15, -0.1) is 23.2 Å². The molecule has 2 N–H and O–H groups in total. The first-order valence-electron chi connectivity index (χ1n) is 37.6. The van der Waals surface area contributed by atoms with Crippen molar-refractivity contribution >= 4 is 134 Å². The van der Waals surface area contributed by atoms with Gasteiger partial charge in [0.25, 0.3) is 0 Å². The van der Waals surface area contributed by atoms with Crippen LogP contribution >= 0.6 is 44.6 Å². The standard InChI is InChI=1S/C19H21NO2.C14H12ClN.C14H13NO.C14H12N.C13H11N.C6H11ClO2.C6H12O.C5H8O.Al.Cl2OS.Li.Y.4H/c1-3-9-17-15(7-1)13-16-8-2-4-10-18(16)20(17)14-22-19-11-5-6-12-21-19;15-10-16-13-7-3-1-5-11(13)9-12-6-2-4-8-14(12)16;16-10-15-13-7-3-1-5-11(13)9-12-6-2-4-8-14(12)15;1-15-13-8-4-2-6-11(13)10-12-7-3-5-9-14(12)15;1-3-7-12-10(5-1)9-11-6-2-4-8-13(11)14-12;1-9-6(8)4-2-3-5-7;1-6-4-2-3-5-7-6;1-2-4-6-5-3-1;;1-4(2)3;;;;;;/h1-4,7-10,19H,5-6,11-14H2;1-8H,9-10H2;1-8,16H,9-10H2;2-9H,1,10H2;1-8,14H,9H2;2-5H2,1H3;6H,2-5H2,1H3;2,4H,1,3,5H2;;;;;;;;/q;;;-1;;;;;;;+1;;;;;-1. The first-order valence-corrected chi connectivity index (χ1v) is 41.5. The maximum atomic E-state index is 10.4. The minimum atomic E-state index is -1.67. The third kappa shape index (κ3) is 27.9. The zero-order chi connectivity index (χ0) is 76.4. The molecule has 0 amide bonds. The van der Waals surface area contributed by atoms with Crippen LogP contribution in [0.3, 0.4) is 0 Å². The monoisotopic (exact) mass is 1690 g/mol. The Morgan fingerprint density at radius 1 is 0.509 bits per heavy atom. The Morgan fingerprint density at radius 2 is 0.866 bits per heavy atom. The van der Waals surface area contributed by atoms with Crippen molar-refractivity contribution in [2.75, 3.05) is 77.2 Å². The molecule has 2 saturated heterocycles. The van der Waals surface area contributed by atoms with Gasteiger partial charge in [-0.2, -0.15) is 0 Å². The molecule has 8 aliphatic heterocycles. The number of para-hydroxylation sites is 10. The predicted octanol–water partition coefficient (Wildman–Crippen LogP) is 19.1. The van der Waals surface area contributed by atoms with E-state index in [-0.39, 0.29) is 89.3 Å². The number of aliphatic hydroxyl groups excluding tert-OH is 1.